The molecule has 1 aliphatic rings. The van der Waals surface area contributed by atoms with E-state index in [1.807, 2.05) is 6.92 Å². The van der Waals surface area contributed by atoms with Crippen LogP contribution < -0.4 is 0 Å². The molecular formula is C21H21FN4O3. The molecule has 3 aromatic rings. The van der Waals surface area contributed by atoms with Crippen molar-refractivity contribution in [1.29, 1.82) is 0 Å². The predicted octanol–water partition coefficient (Wildman–Crippen LogP) is 3.36. The molecule has 29 heavy (non-hydrogen) atoms. The van der Waals surface area contributed by atoms with Crippen molar-refractivity contribution in [2.24, 2.45) is 0 Å². The van der Waals surface area contributed by atoms with Crippen molar-refractivity contribution in [3.8, 4) is 11.3 Å². The maximum atomic E-state index is 13.5. The molecule has 1 fully saturated rings. The van der Waals surface area contributed by atoms with Crippen molar-refractivity contribution < 1.29 is 18.3 Å². The molecule has 0 saturated carbocycles. The highest BCUT2D eigenvalue weighted by Crippen LogP contribution is 2.25. The van der Waals surface area contributed by atoms with Gasteiger partial charge < -0.3 is 14.1 Å². The van der Waals surface area contributed by atoms with Crippen molar-refractivity contribution in [3.63, 3.8) is 0 Å². The summed E-state index contributed by atoms with van der Waals surface area (Å²) in [6, 6.07) is 6.18. The SMILES string of the molecule is CCc1nc(C)c(C(=O)N2CCOC(c3cncc(-c4cccc(F)c4)n3)C2)o1. The lowest BCUT2D eigenvalue weighted by Gasteiger charge is -2.32. The second kappa shape index (κ2) is 8.08. The van der Waals surface area contributed by atoms with Crippen LogP contribution in [-0.4, -0.2) is 45.5 Å². The normalized spacial score (nSPS) is 16.8. The van der Waals surface area contributed by atoms with Crippen LogP contribution in [0.1, 0.15) is 40.9 Å². The molecule has 4 rings (SSSR count). The second-order valence-electron chi connectivity index (χ2n) is 6.83. The fourth-order valence-electron chi connectivity index (χ4n) is 3.28. The first-order valence-corrected chi connectivity index (χ1v) is 9.50. The molecule has 1 unspecified atom stereocenters. The Balaban J connectivity index is 1.55. The molecule has 0 aliphatic carbocycles. The lowest BCUT2D eigenvalue weighted by atomic mass is 10.1. The first-order chi connectivity index (χ1) is 14.0. The minimum absolute atomic E-state index is 0.211. The molecule has 1 atom stereocenters. The van der Waals surface area contributed by atoms with Crippen LogP contribution in [-0.2, 0) is 11.2 Å². The summed E-state index contributed by atoms with van der Waals surface area (Å²) in [5.41, 5.74) is 2.36. The Kier molecular flexibility index (Phi) is 5.35. The van der Waals surface area contributed by atoms with Crippen LogP contribution in [0.25, 0.3) is 11.3 Å². The van der Waals surface area contributed by atoms with Crippen LogP contribution in [0.3, 0.4) is 0 Å². The number of benzene rings is 1. The number of ether oxygens (including phenoxy) is 1. The number of hydrogen-bond acceptors (Lipinski definition) is 6. The monoisotopic (exact) mass is 396 g/mol. The molecule has 1 aliphatic heterocycles. The summed E-state index contributed by atoms with van der Waals surface area (Å²) in [6.45, 7) is 4.84. The fraction of sp³-hybridized carbons (Fsp3) is 0.333. The van der Waals surface area contributed by atoms with E-state index < -0.39 is 6.10 Å². The number of halogens is 1. The zero-order valence-corrected chi connectivity index (χ0v) is 16.3. The van der Waals surface area contributed by atoms with Gasteiger partial charge in [-0.3, -0.25) is 9.78 Å². The zero-order valence-electron chi connectivity index (χ0n) is 16.3. The third-order valence-corrected chi connectivity index (χ3v) is 4.79. The molecule has 1 saturated heterocycles. The average Bonchev–Trinajstić information content (AvgIpc) is 3.14. The summed E-state index contributed by atoms with van der Waals surface area (Å²) in [7, 11) is 0. The van der Waals surface area contributed by atoms with Gasteiger partial charge in [-0.15, -0.1) is 0 Å². The first-order valence-electron chi connectivity index (χ1n) is 9.50. The van der Waals surface area contributed by atoms with E-state index in [1.165, 1.54) is 12.1 Å². The Morgan fingerprint density at radius 3 is 2.93 bits per heavy atom. The molecule has 3 heterocycles. The van der Waals surface area contributed by atoms with Gasteiger partial charge in [0.25, 0.3) is 5.91 Å². The Bertz CT molecular complexity index is 1040. The molecule has 0 spiro atoms. The van der Waals surface area contributed by atoms with Crippen molar-refractivity contribution in [2.75, 3.05) is 19.7 Å². The van der Waals surface area contributed by atoms with Crippen LogP contribution in [0.5, 0.6) is 0 Å². The fourth-order valence-corrected chi connectivity index (χ4v) is 3.28. The number of carbonyl (C=O) groups is 1. The minimum Gasteiger partial charge on any atom is -0.435 e. The number of hydrogen-bond donors (Lipinski definition) is 0. The predicted molar refractivity (Wildman–Crippen MR) is 103 cm³/mol. The standard InChI is InChI=1S/C21H21FN4O3/c1-3-19-24-13(2)20(29-19)21(27)26-7-8-28-18(12-26)17-11-23-10-16(25-17)14-5-4-6-15(22)9-14/h4-6,9-11,18H,3,7-8,12H2,1-2H3. The van der Waals surface area contributed by atoms with Crippen molar-refractivity contribution in [1.82, 2.24) is 19.9 Å². The molecular weight excluding hydrogens is 375 g/mol. The van der Waals surface area contributed by atoms with Crippen LogP contribution >= 0.6 is 0 Å². The van der Waals surface area contributed by atoms with E-state index in [9.17, 15) is 9.18 Å². The number of nitrogens with zero attached hydrogens (tertiary/aromatic N) is 4. The van der Waals surface area contributed by atoms with Gasteiger partial charge in [0, 0.05) is 18.5 Å². The van der Waals surface area contributed by atoms with Gasteiger partial charge in [0.15, 0.2) is 5.89 Å². The van der Waals surface area contributed by atoms with Gasteiger partial charge in [-0.05, 0) is 19.1 Å². The summed E-state index contributed by atoms with van der Waals surface area (Å²) >= 11 is 0. The molecule has 0 N–H and O–H groups in total. The molecule has 8 heteroatoms. The summed E-state index contributed by atoms with van der Waals surface area (Å²) in [4.78, 5) is 27.7. The van der Waals surface area contributed by atoms with E-state index in [0.29, 0.717) is 54.7 Å². The van der Waals surface area contributed by atoms with Crippen LogP contribution in [0.15, 0.2) is 41.1 Å². The smallest absolute Gasteiger partial charge is 0.291 e. The second-order valence-corrected chi connectivity index (χ2v) is 6.83. The summed E-state index contributed by atoms with van der Waals surface area (Å²) in [5, 5.41) is 0. The Hall–Kier alpha value is -3.13. The molecule has 1 amide bonds. The van der Waals surface area contributed by atoms with E-state index in [2.05, 4.69) is 15.0 Å². The Morgan fingerprint density at radius 1 is 1.31 bits per heavy atom. The number of oxazole rings is 1. The van der Waals surface area contributed by atoms with E-state index >= 15 is 0 Å². The molecule has 1 aromatic carbocycles. The molecule has 150 valence electrons. The Labute approximate surface area is 167 Å². The highest BCUT2D eigenvalue weighted by molar-refractivity contribution is 5.92. The van der Waals surface area contributed by atoms with Crippen molar-refractivity contribution in [3.05, 3.63) is 65.5 Å². The maximum Gasteiger partial charge on any atom is 0.291 e. The zero-order chi connectivity index (χ0) is 20.4. The molecule has 0 radical (unpaired) electrons. The largest absolute Gasteiger partial charge is 0.435 e. The molecule has 2 aromatic heterocycles. The maximum absolute atomic E-state index is 13.5. The highest BCUT2D eigenvalue weighted by Gasteiger charge is 2.30. The number of aryl methyl sites for hydroxylation is 2. The van der Waals surface area contributed by atoms with Gasteiger partial charge in [-0.2, -0.15) is 0 Å². The van der Waals surface area contributed by atoms with Crippen LogP contribution in [0, 0.1) is 12.7 Å². The lowest BCUT2D eigenvalue weighted by Crippen LogP contribution is -2.42. The lowest BCUT2D eigenvalue weighted by molar-refractivity contribution is -0.0258. The van der Waals surface area contributed by atoms with E-state index in [0.717, 1.165) is 0 Å². The van der Waals surface area contributed by atoms with Gasteiger partial charge in [-0.25, -0.2) is 14.4 Å². The highest BCUT2D eigenvalue weighted by atomic mass is 19.1. The van der Waals surface area contributed by atoms with E-state index in [1.54, 1.807) is 36.4 Å². The first kappa shape index (κ1) is 19.2. The number of carbonyl (C=O) groups excluding carboxylic acids is 1. The summed E-state index contributed by atoms with van der Waals surface area (Å²) in [6.07, 6.45) is 3.38. The number of aromatic nitrogens is 3. The molecule has 7 nitrogen and oxygen atoms in total. The van der Waals surface area contributed by atoms with Crippen molar-refractivity contribution in [2.45, 2.75) is 26.4 Å². The topological polar surface area (TPSA) is 81.4 Å². The van der Waals surface area contributed by atoms with Gasteiger partial charge in [0.1, 0.15) is 11.9 Å². The van der Waals surface area contributed by atoms with Gasteiger partial charge in [-0.1, -0.05) is 19.1 Å². The summed E-state index contributed by atoms with van der Waals surface area (Å²) in [5.74, 6) is 0.262. The number of amides is 1. The minimum atomic E-state index is -0.428. The summed E-state index contributed by atoms with van der Waals surface area (Å²) < 4.78 is 25.0. The van der Waals surface area contributed by atoms with Gasteiger partial charge in [0.05, 0.1) is 42.6 Å². The van der Waals surface area contributed by atoms with E-state index in [-0.39, 0.29) is 17.5 Å². The number of morpholine rings is 1. The third-order valence-electron chi connectivity index (χ3n) is 4.79. The van der Waals surface area contributed by atoms with Crippen LogP contribution in [0.2, 0.25) is 0 Å². The van der Waals surface area contributed by atoms with Gasteiger partial charge in [0.2, 0.25) is 5.76 Å². The average molecular weight is 396 g/mol. The van der Waals surface area contributed by atoms with Crippen molar-refractivity contribution >= 4 is 5.91 Å². The third kappa shape index (κ3) is 4.02. The number of rotatable bonds is 4. The van der Waals surface area contributed by atoms with E-state index in [4.69, 9.17) is 9.15 Å². The Morgan fingerprint density at radius 2 is 2.17 bits per heavy atom. The van der Waals surface area contributed by atoms with Crippen LogP contribution in [0.4, 0.5) is 4.39 Å². The molecule has 0 bridgehead atoms. The van der Waals surface area contributed by atoms with Gasteiger partial charge >= 0.3 is 0 Å². The quantitative estimate of drug-likeness (QED) is 0.673.